The van der Waals surface area contributed by atoms with Gasteiger partial charge >= 0.3 is 11.9 Å². The largest absolute Gasteiger partial charge is 0.463 e. The molecule has 0 bridgehead atoms. The molecule has 0 spiro atoms. The van der Waals surface area contributed by atoms with Crippen LogP contribution in [-0.2, 0) is 14.3 Å². The van der Waals surface area contributed by atoms with E-state index in [1.165, 1.54) is 0 Å². The number of carbonyl (C=O) groups excluding carboxylic acids is 2. The van der Waals surface area contributed by atoms with Crippen molar-refractivity contribution >= 4 is 23.5 Å². The topological polar surface area (TPSA) is 112 Å². The minimum Gasteiger partial charge on any atom is -0.463 e. The van der Waals surface area contributed by atoms with Crippen LogP contribution in [-0.4, -0.2) is 18.5 Å². The summed E-state index contributed by atoms with van der Waals surface area (Å²) >= 11 is 5.85. The van der Waals surface area contributed by atoms with Gasteiger partial charge in [0.2, 0.25) is 5.88 Å². The second kappa shape index (κ2) is 9.37. The molecule has 0 saturated carbocycles. The van der Waals surface area contributed by atoms with Crippen LogP contribution in [0.4, 0.5) is 0 Å². The van der Waals surface area contributed by atoms with E-state index in [0.29, 0.717) is 16.1 Å². The lowest BCUT2D eigenvalue weighted by Crippen LogP contribution is -2.25. The van der Waals surface area contributed by atoms with E-state index >= 15 is 0 Å². The average molecular weight is 439 g/mol. The maximum Gasteiger partial charge on any atom is 0.343 e. The molecule has 7 nitrogen and oxygen atoms in total. The SMILES string of the molecule is CCOC(=O)C1=C(C)OC(N)=C(C#N)C1c1cccc(OC(=O)c2ccc(Cl)cc2)c1. The van der Waals surface area contributed by atoms with E-state index in [4.69, 9.17) is 31.5 Å². The summed E-state index contributed by atoms with van der Waals surface area (Å²) in [5, 5.41) is 10.2. The number of nitrogens with two attached hydrogens (primary N) is 1. The zero-order valence-electron chi connectivity index (χ0n) is 16.8. The van der Waals surface area contributed by atoms with Crippen LogP contribution in [0.15, 0.2) is 71.3 Å². The van der Waals surface area contributed by atoms with Gasteiger partial charge in [-0.25, -0.2) is 9.59 Å². The second-order valence-electron chi connectivity index (χ2n) is 6.58. The van der Waals surface area contributed by atoms with E-state index in [9.17, 15) is 14.9 Å². The van der Waals surface area contributed by atoms with E-state index in [1.54, 1.807) is 62.4 Å². The van der Waals surface area contributed by atoms with E-state index in [0.717, 1.165) is 0 Å². The summed E-state index contributed by atoms with van der Waals surface area (Å²) in [5.74, 6) is -1.64. The molecule has 3 rings (SSSR count). The Hall–Kier alpha value is -3.76. The first-order valence-corrected chi connectivity index (χ1v) is 9.76. The Bertz CT molecular complexity index is 1130. The van der Waals surface area contributed by atoms with Crippen LogP contribution in [0.1, 0.15) is 35.7 Å². The predicted octanol–water partition coefficient (Wildman–Crippen LogP) is 4.20. The number of allylic oxidation sites excluding steroid dienone is 2. The number of nitrogens with zero attached hydrogens (tertiary/aromatic N) is 1. The fourth-order valence-corrected chi connectivity index (χ4v) is 3.32. The lowest BCUT2D eigenvalue weighted by molar-refractivity contribution is -0.139. The monoisotopic (exact) mass is 438 g/mol. The van der Waals surface area contributed by atoms with Crippen LogP contribution >= 0.6 is 11.6 Å². The Labute approximate surface area is 184 Å². The number of benzene rings is 2. The predicted molar refractivity (Wildman–Crippen MR) is 113 cm³/mol. The van der Waals surface area contributed by atoms with Gasteiger partial charge in [-0.1, -0.05) is 23.7 Å². The highest BCUT2D eigenvalue weighted by molar-refractivity contribution is 6.30. The highest BCUT2D eigenvalue weighted by Crippen LogP contribution is 2.40. The molecular formula is C23H19ClN2O5. The molecule has 158 valence electrons. The Kier molecular flexibility index (Phi) is 6.63. The number of carbonyl (C=O) groups is 2. The first-order chi connectivity index (χ1) is 14.8. The summed E-state index contributed by atoms with van der Waals surface area (Å²) in [6.45, 7) is 3.41. The molecule has 1 unspecified atom stereocenters. The van der Waals surface area contributed by atoms with Crippen molar-refractivity contribution in [2.75, 3.05) is 6.61 Å². The van der Waals surface area contributed by atoms with Gasteiger partial charge in [0.05, 0.1) is 23.7 Å². The molecule has 0 fully saturated rings. The zero-order chi connectivity index (χ0) is 22.5. The highest BCUT2D eigenvalue weighted by Gasteiger charge is 2.36. The van der Waals surface area contributed by atoms with Crippen molar-refractivity contribution in [3.8, 4) is 11.8 Å². The number of hydrogen-bond donors (Lipinski definition) is 1. The van der Waals surface area contributed by atoms with Gasteiger partial charge in [-0.05, 0) is 55.8 Å². The molecule has 1 heterocycles. The minimum absolute atomic E-state index is 0.0647. The molecular weight excluding hydrogens is 420 g/mol. The standard InChI is InChI=1S/C23H19ClN2O5/c1-3-29-23(28)19-13(2)30-21(26)18(12-25)20(19)15-5-4-6-17(11-15)31-22(27)14-7-9-16(24)10-8-14/h4-11,20H,3,26H2,1-2H3. The third kappa shape index (κ3) is 4.71. The highest BCUT2D eigenvalue weighted by atomic mass is 35.5. The fourth-order valence-electron chi connectivity index (χ4n) is 3.20. The van der Waals surface area contributed by atoms with E-state index in [-0.39, 0.29) is 35.1 Å². The molecule has 0 radical (unpaired) electrons. The molecule has 0 aliphatic carbocycles. The quantitative estimate of drug-likeness (QED) is 0.549. The third-order valence-electron chi connectivity index (χ3n) is 4.58. The fraction of sp³-hybridized carbons (Fsp3) is 0.174. The van der Waals surface area contributed by atoms with Crippen molar-refractivity contribution in [2.24, 2.45) is 5.73 Å². The van der Waals surface area contributed by atoms with Crippen molar-refractivity contribution in [1.82, 2.24) is 0 Å². The van der Waals surface area contributed by atoms with Crippen molar-refractivity contribution in [3.05, 3.63) is 87.5 Å². The second-order valence-corrected chi connectivity index (χ2v) is 7.02. The van der Waals surface area contributed by atoms with Crippen LogP contribution in [0.3, 0.4) is 0 Å². The van der Waals surface area contributed by atoms with Gasteiger partial charge in [0.25, 0.3) is 0 Å². The number of ether oxygens (including phenoxy) is 3. The van der Waals surface area contributed by atoms with Crippen LogP contribution in [0.25, 0.3) is 0 Å². The molecule has 2 N–H and O–H groups in total. The van der Waals surface area contributed by atoms with Crippen LogP contribution in [0, 0.1) is 11.3 Å². The van der Waals surface area contributed by atoms with Gasteiger partial charge in [0.15, 0.2) is 0 Å². The van der Waals surface area contributed by atoms with Crippen LogP contribution in [0.5, 0.6) is 5.75 Å². The maximum atomic E-state index is 12.6. The molecule has 2 aromatic rings. The molecule has 8 heteroatoms. The summed E-state index contributed by atoms with van der Waals surface area (Å²) in [6, 6.07) is 14.8. The molecule has 1 atom stereocenters. The molecule has 0 saturated heterocycles. The molecule has 2 aromatic carbocycles. The van der Waals surface area contributed by atoms with E-state index < -0.39 is 17.9 Å². The van der Waals surface area contributed by atoms with Crippen LogP contribution < -0.4 is 10.5 Å². The van der Waals surface area contributed by atoms with Gasteiger partial charge in [0, 0.05) is 5.02 Å². The van der Waals surface area contributed by atoms with Crippen molar-refractivity contribution in [3.63, 3.8) is 0 Å². The van der Waals surface area contributed by atoms with Gasteiger partial charge in [-0.2, -0.15) is 5.26 Å². The van der Waals surface area contributed by atoms with Crippen LogP contribution in [0.2, 0.25) is 5.02 Å². The van der Waals surface area contributed by atoms with Gasteiger partial charge in [0.1, 0.15) is 23.2 Å². The summed E-state index contributed by atoms with van der Waals surface area (Å²) < 4.78 is 16.0. The lowest BCUT2D eigenvalue weighted by atomic mass is 9.83. The van der Waals surface area contributed by atoms with Crippen molar-refractivity contribution in [2.45, 2.75) is 19.8 Å². The van der Waals surface area contributed by atoms with Gasteiger partial charge in [-0.3, -0.25) is 0 Å². The normalized spacial score (nSPS) is 15.7. The lowest BCUT2D eigenvalue weighted by Gasteiger charge is -2.27. The third-order valence-corrected chi connectivity index (χ3v) is 4.83. The number of rotatable bonds is 5. The first-order valence-electron chi connectivity index (χ1n) is 9.38. The summed E-state index contributed by atoms with van der Waals surface area (Å²) in [5.41, 5.74) is 6.97. The van der Waals surface area contributed by atoms with Gasteiger partial charge < -0.3 is 19.9 Å². The number of esters is 2. The Morgan fingerprint density at radius 2 is 1.90 bits per heavy atom. The Morgan fingerprint density at radius 1 is 1.19 bits per heavy atom. The smallest absolute Gasteiger partial charge is 0.343 e. The molecule has 0 amide bonds. The number of hydrogen-bond acceptors (Lipinski definition) is 7. The summed E-state index contributed by atoms with van der Waals surface area (Å²) in [6.07, 6.45) is 0. The molecule has 1 aliphatic rings. The summed E-state index contributed by atoms with van der Waals surface area (Å²) in [7, 11) is 0. The number of nitriles is 1. The van der Waals surface area contributed by atoms with Crippen molar-refractivity contribution < 1.29 is 23.8 Å². The molecule has 1 aliphatic heterocycles. The first kappa shape index (κ1) is 21.9. The van der Waals surface area contributed by atoms with Gasteiger partial charge in [-0.15, -0.1) is 0 Å². The van der Waals surface area contributed by atoms with E-state index in [2.05, 4.69) is 0 Å². The minimum atomic E-state index is -0.827. The molecule has 0 aromatic heterocycles. The zero-order valence-corrected chi connectivity index (χ0v) is 17.6. The average Bonchev–Trinajstić information content (AvgIpc) is 2.74. The number of halogens is 1. The molecule has 31 heavy (non-hydrogen) atoms. The maximum absolute atomic E-state index is 12.6. The Morgan fingerprint density at radius 3 is 2.55 bits per heavy atom. The van der Waals surface area contributed by atoms with Crippen molar-refractivity contribution in [1.29, 1.82) is 5.26 Å². The van der Waals surface area contributed by atoms with E-state index in [1.807, 2.05) is 6.07 Å². The summed E-state index contributed by atoms with van der Waals surface area (Å²) in [4.78, 5) is 25.1. The Balaban J connectivity index is 1.98.